The average Bonchev–Trinajstić information content (AvgIpc) is 2.68. The number of aliphatic imine (C=N–C) groups is 1. The second-order valence-electron chi connectivity index (χ2n) is 6.61. The number of carbonyl (C=O) groups is 2. The van der Waals surface area contributed by atoms with Crippen LogP contribution in [0.3, 0.4) is 0 Å². The quantitative estimate of drug-likeness (QED) is 0.342. The third kappa shape index (κ3) is 6.27. The van der Waals surface area contributed by atoms with Crippen molar-refractivity contribution in [2.75, 3.05) is 39.8 Å². The molecule has 0 radical (unpaired) electrons. The first-order valence-corrected chi connectivity index (χ1v) is 9.52. The van der Waals surface area contributed by atoms with E-state index in [-0.39, 0.29) is 17.8 Å². The molecule has 1 aliphatic heterocycles. The maximum atomic E-state index is 12.1. The third-order valence-electron chi connectivity index (χ3n) is 4.60. The first-order chi connectivity index (χ1) is 13.0. The van der Waals surface area contributed by atoms with Crippen molar-refractivity contribution in [3.8, 4) is 0 Å². The smallest absolute Gasteiger partial charge is 0.309 e. The minimum atomic E-state index is -0.0982. The molecule has 27 heavy (non-hydrogen) atoms. The van der Waals surface area contributed by atoms with E-state index in [4.69, 9.17) is 4.74 Å². The average molecular weight is 374 g/mol. The second-order valence-corrected chi connectivity index (χ2v) is 6.61. The highest BCUT2D eigenvalue weighted by atomic mass is 16.5. The van der Waals surface area contributed by atoms with Gasteiger partial charge in [0.25, 0.3) is 5.91 Å². The predicted molar refractivity (Wildman–Crippen MR) is 106 cm³/mol. The highest BCUT2D eigenvalue weighted by molar-refractivity contribution is 5.94. The number of amides is 1. The minimum Gasteiger partial charge on any atom is -0.466 e. The van der Waals surface area contributed by atoms with Crippen molar-refractivity contribution in [3.63, 3.8) is 0 Å². The van der Waals surface area contributed by atoms with Crippen molar-refractivity contribution in [1.29, 1.82) is 0 Å². The Labute approximate surface area is 161 Å². The number of guanidine groups is 1. The molecule has 0 spiro atoms. The molecule has 1 aromatic rings. The van der Waals surface area contributed by atoms with E-state index in [2.05, 4.69) is 20.5 Å². The molecule has 1 aliphatic rings. The van der Waals surface area contributed by atoms with E-state index in [1.165, 1.54) is 0 Å². The van der Waals surface area contributed by atoms with Crippen LogP contribution in [-0.4, -0.2) is 62.6 Å². The lowest BCUT2D eigenvalue weighted by atomic mass is 9.97. The van der Waals surface area contributed by atoms with Gasteiger partial charge in [-0.2, -0.15) is 0 Å². The van der Waals surface area contributed by atoms with Crippen molar-refractivity contribution < 1.29 is 14.3 Å². The van der Waals surface area contributed by atoms with Gasteiger partial charge in [-0.05, 0) is 38.8 Å². The lowest BCUT2D eigenvalue weighted by Gasteiger charge is -2.33. The lowest BCUT2D eigenvalue weighted by molar-refractivity contribution is -0.149. The fourth-order valence-corrected chi connectivity index (χ4v) is 3.16. The molecule has 2 rings (SSSR count). The number of esters is 1. The van der Waals surface area contributed by atoms with Crippen LogP contribution in [0.25, 0.3) is 0 Å². The summed E-state index contributed by atoms with van der Waals surface area (Å²) in [5.41, 5.74) is 1.73. The van der Waals surface area contributed by atoms with E-state index in [1.807, 2.05) is 38.1 Å². The van der Waals surface area contributed by atoms with Crippen LogP contribution in [0, 0.1) is 12.8 Å². The summed E-state index contributed by atoms with van der Waals surface area (Å²) in [5, 5.41) is 6.18. The van der Waals surface area contributed by atoms with Gasteiger partial charge >= 0.3 is 5.97 Å². The van der Waals surface area contributed by atoms with Gasteiger partial charge in [0.05, 0.1) is 12.5 Å². The number of likely N-dealkylation sites (tertiary alicyclic amines) is 1. The molecule has 0 atom stereocenters. The number of ether oxygens (including phenoxy) is 1. The maximum Gasteiger partial charge on any atom is 0.309 e. The topological polar surface area (TPSA) is 83.0 Å². The van der Waals surface area contributed by atoms with Gasteiger partial charge in [0, 0.05) is 38.8 Å². The Balaban J connectivity index is 1.72. The summed E-state index contributed by atoms with van der Waals surface area (Å²) in [7, 11) is 1.74. The molecular weight excluding hydrogens is 344 g/mol. The molecule has 0 aromatic heterocycles. The zero-order chi connectivity index (χ0) is 19.6. The van der Waals surface area contributed by atoms with Gasteiger partial charge in [-0.3, -0.25) is 14.6 Å². The molecule has 148 valence electrons. The summed E-state index contributed by atoms with van der Waals surface area (Å²) in [5.74, 6) is 0.597. The Morgan fingerprint density at radius 3 is 2.56 bits per heavy atom. The third-order valence-corrected chi connectivity index (χ3v) is 4.60. The predicted octanol–water partition coefficient (Wildman–Crippen LogP) is 1.58. The highest BCUT2D eigenvalue weighted by Crippen LogP contribution is 2.18. The first-order valence-electron chi connectivity index (χ1n) is 9.52. The molecule has 0 saturated carbocycles. The molecule has 0 unspecified atom stereocenters. The molecule has 1 saturated heterocycles. The van der Waals surface area contributed by atoms with Crippen LogP contribution in [0.2, 0.25) is 0 Å². The number of benzene rings is 1. The van der Waals surface area contributed by atoms with Gasteiger partial charge < -0.3 is 20.3 Å². The van der Waals surface area contributed by atoms with Crippen LogP contribution in [-0.2, 0) is 9.53 Å². The molecule has 2 N–H and O–H groups in total. The van der Waals surface area contributed by atoms with Crippen molar-refractivity contribution in [3.05, 3.63) is 35.4 Å². The summed E-state index contributed by atoms with van der Waals surface area (Å²) in [6, 6.07) is 7.52. The number of rotatable bonds is 6. The Kier molecular flexibility index (Phi) is 8.10. The number of carbonyl (C=O) groups excluding carboxylic acids is 2. The van der Waals surface area contributed by atoms with Gasteiger partial charge in [-0.25, -0.2) is 0 Å². The number of hydrogen-bond donors (Lipinski definition) is 2. The van der Waals surface area contributed by atoms with E-state index in [0.29, 0.717) is 25.3 Å². The second kappa shape index (κ2) is 10.5. The number of nitrogens with zero attached hydrogens (tertiary/aromatic N) is 2. The summed E-state index contributed by atoms with van der Waals surface area (Å²) >= 11 is 0. The van der Waals surface area contributed by atoms with Gasteiger partial charge in [-0.15, -0.1) is 0 Å². The number of hydrogen-bond acceptors (Lipinski definition) is 4. The molecule has 7 heteroatoms. The Morgan fingerprint density at radius 2 is 1.93 bits per heavy atom. The van der Waals surface area contributed by atoms with Crippen LogP contribution in [0.15, 0.2) is 29.3 Å². The van der Waals surface area contributed by atoms with E-state index in [9.17, 15) is 9.59 Å². The SMILES string of the molecule is CCOC(=O)C1CCN(C(=NC)NCCNC(=O)c2cccc(C)c2)CC1. The minimum absolute atomic E-state index is 0.0204. The standard InChI is InChI=1S/C20H30N4O3/c1-4-27-19(26)16-8-12-24(13-9-16)20(21-3)23-11-10-22-18(25)17-7-5-6-15(2)14-17/h5-7,14,16H,4,8-13H2,1-3H3,(H,21,23)(H,22,25). The fraction of sp³-hybridized carbons (Fsp3) is 0.550. The Hall–Kier alpha value is -2.57. The zero-order valence-electron chi connectivity index (χ0n) is 16.5. The summed E-state index contributed by atoms with van der Waals surface area (Å²) in [6.07, 6.45) is 1.53. The van der Waals surface area contributed by atoms with Gasteiger partial charge in [0.2, 0.25) is 0 Å². The molecule has 1 aromatic carbocycles. The highest BCUT2D eigenvalue weighted by Gasteiger charge is 2.27. The van der Waals surface area contributed by atoms with Crippen LogP contribution in [0.1, 0.15) is 35.7 Å². The first kappa shape index (κ1) is 20.7. The molecule has 1 amide bonds. The van der Waals surface area contributed by atoms with E-state index in [1.54, 1.807) is 7.05 Å². The normalized spacial score (nSPS) is 15.4. The molecule has 0 aliphatic carbocycles. The largest absolute Gasteiger partial charge is 0.466 e. The summed E-state index contributed by atoms with van der Waals surface area (Å²) in [6.45, 7) is 6.84. The Morgan fingerprint density at radius 1 is 1.22 bits per heavy atom. The van der Waals surface area contributed by atoms with Gasteiger partial charge in [0.1, 0.15) is 0 Å². The van der Waals surface area contributed by atoms with Gasteiger partial charge in [-0.1, -0.05) is 17.7 Å². The van der Waals surface area contributed by atoms with Crippen molar-refractivity contribution in [1.82, 2.24) is 15.5 Å². The fourth-order valence-electron chi connectivity index (χ4n) is 3.16. The van der Waals surface area contributed by atoms with Crippen LogP contribution in [0.5, 0.6) is 0 Å². The number of piperidine rings is 1. The van der Waals surface area contributed by atoms with Crippen molar-refractivity contribution in [2.24, 2.45) is 10.9 Å². The summed E-state index contributed by atoms with van der Waals surface area (Å²) < 4.78 is 5.11. The summed E-state index contributed by atoms with van der Waals surface area (Å²) in [4.78, 5) is 30.4. The van der Waals surface area contributed by atoms with Gasteiger partial charge in [0.15, 0.2) is 5.96 Å². The number of nitrogens with one attached hydrogen (secondary N) is 2. The maximum absolute atomic E-state index is 12.1. The molecule has 0 bridgehead atoms. The molecule has 7 nitrogen and oxygen atoms in total. The van der Waals surface area contributed by atoms with Crippen LogP contribution >= 0.6 is 0 Å². The zero-order valence-corrected chi connectivity index (χ0v) is 16.5. The van der Waals surface area contributed by atoms with E-state index in [0.717, 1.165) is 37.5 Å². The molecular formula is C20H30N4O3. The van der Waals surface area contributed by atoms with Crippen molar-refractivity contribution >= 4 is 17.8 Å². The van der Waals surface area contributed by atoms with E-state index >= 15 is 0 Å². The monoisotopic (exact) mass is 374 g/mol. The van der Waals surface area contributed by atoms with Crippen LogP contribution in [0.4, 0.5) is 0 Å². The lowest BCUT2D eigenvalue weighted by Crippen LogP contribution is -2.48. The van der Waals surface area contributed by atoms with E-state index < -0.39 is 0 Å². The molecule has 1 heterocycles. The Bertz CT molecular complexity index is 667. The number of aryl methyl sites for hydroxylation is 1. The van der Waals surface area contributed by atoms with Crippen molar-refractivity contribution in [2.45, 2.75) is 26.7 Å². The molecule has 1 fully saturated rings. The van der Waals surface area contributed by atoms with Crippen LogP contribution < -0.4 is 10.6 Å².